The zero-order valence-corrected chi connectivity index (χ0v) is 16.4. The largest absolute Gasteiger partial charge is 0.444 e. The Hall–Kier alpha value is -2.75. The maximum Gasteiger partial charge on any atom is 0.405 e. The Morgan fingerprint density at radius 3 is 2.59 bits per heavy atom. The Labute approximate surface area is 161 Å². The van der Waals surface area contributed by atoms with Crippen LogP contribution in [0.4, 0.5) is 16.2 Å². The van der Waals surface area contributed by atoms with Crippen molar-refractivity contribution in [1.29, 1.82) is 5.26 Å². The molecule has 0 aromatic heterocycles. The van der Waals surface area contributed by atoms with Gasteiger partial charge in [0, 0.05) is 13.0 Å². The maximum absolute atomic E-state index is 12.2. The molecule has 0 heterocycles. The second-order valence-corrected chi connectivity index (χ2v) is 7.09. The van der Waals surface area contributed by atoms with Crippen LogP contribution in [0.2, 0.25) is 0 Å². The zero-order chi connectivity index (χ0) is 20.3. The molecule has 0 saturated heterocycles. The van der Waals surface area contributed by atoms with E-state index in [2.05, 4.69) is 23.6 Å². The molecule has 0 radical (unpaired) electrons. The predicted octanol–water partition coefficient (Wildman–Crippen LogP) is 4.14. The van der Waals surface area contributed by atoms with Crippen molar-refractivity contribution in [3.63, 3.8) is 0 Å². The predicted molar refractivity (Wildman–Crippen MR) is 106 cm³/mol. The van der Waals surface area contributed by atoms with Crippen molar-refractivity contribution < 1.29 is 14.3 Å². The van der Waals surface area contributed by atoms with E-state index < -0.39 is 11.7 Å². The van der Waals surface area contributed by atoms with E-state index in [1.165, 1.54) is 0 Å². The number of unbranched alkanes of at least 4 members (excludes halogenated alkanes) is 2. The van der Waals surface area contributed by atoms with Gasteiger partial charge in [-0.3, -0.25) is 4.79 Å². The topological polar surface area (TPSA) is 117 Å². The highest BCUT2D eigenvalue weighted by Gasteiger charge is 2.20. The summed E-state index contributed by atoms with van der Waals surface area (Å²) in [4.78, 5) is 23.1. The first kappa shape index (κ1) is 22.3. The fraction of sp³-hybridized carbons (Fsp3) is 0.550. The number of ether oxygens (including phenoxy) is 1. The lowest BCUT2D eigenvalue weighted by Crippen LogP contribution is -2.30. The molecule has 148 valence electrons. The number of nitrogens with one attached hydrogen (secondary N) is 2. The number of benzene rings is 1. The molecule has 1 rings (SSSR count). The minimum absolute atomic E-state index is 0.0858. The summed E-state index contributed by atoms with van der Waals surface area (Å²) >= 11 is 0. The Kier molecular flexibility index (Phi) is 9.14. The van der Waals surface area contributed by atoms with Gasteiger partial charge in [0.2, 0.25) is 5.91 Å². The van der Waals surface area contributed by atoms with Crippen molar-refractivity contribution in [3.8, 4) is 6.07 Å². The first-order valence-electron chi connectivity index (χ1n) is 9.33. The SMILES string of the molecule is CCCNc1ccc(C#N)cc1NC(=O)CCCCCC(C)(C)OC(N)=O. The van der Waals surface area contributed by atoms with Gasteiger partial charge in [0.1, 0.15) is 5.60 Å². The first-order valence-corrected chi connectivity index (χ1v) is 9.33. The standard InChI is InChI=1S/C20H30N4O3/c1-4-12-23-16-10-9-15(14-21)13-17(16)24-18(25)8-6-5-7-11-20(2,3)27-19(22)26/h9-10,13,23H,4-8,11-12H2,1-3H3,(H2,22,26)(H,24,25). The van der Waals surface area contributed by atoms with Gasteiger partial charge in [0.25, 0.3) is 0 Å². The molecular weight excluding hydrogens is 344 g/mol. The summed E-state index contributed by atoms with van der Waals surface area (Å²) in [7, 11) is 0. The van der Waals surface area contributed by atoms with E-state index in [9.17, 15) is 9.59 Å². The van der Waals surface area contributed by atoms with Crippen molar-refractivity contribution in [2.45, 2.75) is 64.9 Å². The van der Waals surface area contributed by atoms with E-state index in [4.69, 9.17) is 15.7 Å². The lowest BCUT2D eigenvalue weighted by molar-refractivity contribution is -0.116. The number of nitrogens with zero attached hydrogens (tertiary/aromatic N) is 1. The van der Waals surface area contributed by atoms with Crippen LogP contribution in [0.3, 0.4) is 0 Å². The van der Waals surface area contributed by atoms with Gasteiger partial charge in [-0.2, -0.15) is 5.26 Å². The van der Waals surface area contributed by atoms with Gasteiger partial charge in [-0.25, -0.2) is 4.79 Å². The number of anilines is 2. The molecule has 1 aromatic rings. The van der Waals surface area contributed by atoms with Crippen LogP contribution >= 0.6 is 0 Å². The van der Waals surface area contributed by atoms with Crippen molar-refractivity contribution >= 4 is 23.4 Å². The highest BCUT2D eigenvalue weighted by molar-refractivity contribution is 5.94. The first-order chi connectivity index (χ1) is 12.8. The lowest BCUT2D eigenvalue weighted by atomic mass is 10.00. The third kappa shape index (κ3) is 8.95. The average molecular weight is 374 g/mol. The number of amides is 2. The highest BCUT2D eigenvalue weighted by Crippen LogP contribution is 2.24. The average Bonchev–Trinajstić information content (AvgIpc) is 2.59. The van der Waals surface area contributed by atoms with Gasteiger partial charge in [0.05, 0.1) is 23.0 Å². The molecule has 7 nitrogen and oxygen atoms in total. The normalized spacial score (nSPS) is 10.7. The Balaban J connectivity index is 2.46. The van der Waals surface area contributed by atoms with Gasteiger partial charge < -0.3 is 21.1 Å². The second-order valence-electron chi connectivity index (χ2n) is 7.09. The van der Waals surface area contributed by atoms with Gasteiger partial charge in [-0.15, -0.1) is 0 Å². The monoisotopic (exact) mass is 374 g/mol. The summed E-state index contributed by atoms with van der Waals surface area (Å²) in [6.07, 6.45) is 3.68. The number of primary amides is 1. The molecule has 1 aromatic carbocycles. The quantitative estimate of drug-likeness (QED) is 0.503. The summed E-state index contributed by atoms with van der Waals surface area (Å²) in [6.45, 7) is 6.48. The molecule has 2 amide bonds. The van der Waals surface area contributed by atoms with Crippen LogP contribution in [-0.4, -0.2) is 24.1 Å². The molecule has 0 bridgehead atoms. The van der Waals surface area contributed by atoms with E-state index in [0.717, 1.165) is 37.9 Å². The number of hydrogen-bond donors (Lipinski definition) is 3. The summed E-state index contributed by atoms with van der Waals surface area (Å²) in [5.41, 5.74) is 6.40. The van der Waals surface area contributed by atoms with E-state index in [-0.39, 0.29) is 5.91 Å². The van der Waals surface area contributed by atoms with E-state index >= 15 is 0 Å². The molecule has 7 heteroatoms. The number of carbonyl (C=O) groups is 2. The smallest absolute Gasteiger partial charge is 0.405 e. The Morgan fingerprint density at radius 2 is 1.96 bits per heavy atom. The highest BCUT2D eigenvalue weighted by atomic mass is 16.6. The summed E-state index contributed by atoms with van der Waals surface area (Å²) in [6, 6.07) is 7.30. The van der Waals surface area contributed by atoms with Crippen LogP contribution in [0.15, 0.2) is 18.2 Å². The zero-order valence-electron chi connectivity index (χ0n) is 16.4. The minimum atomic E-state index is -0.772. The van der Waals surface area contributed by atoms with Crippen LogP contribution in [-0.2, 0) is 9.53 Å². The minimum Gasteiger partial charge on any atom is -0.444 e. The van der Waals surface area contributed by atoms with Crippen molar-refractivity contribution in [2.75, 3.05) is 17.2 Å². The number of nitriles is 1. The summed E-state index contributed by atoms with van der Waals surface area (Å²) < 4.78 is 5.04. The second kappa shape index (κ2) is 11.1. The molecule has 0 unspecified atom stereocenters. The molecule has 27 heavy (non-hydrogen) atoms. The van der Waals surface area contributed by atoms with Crippen LogP contribution in [0, 0.1) is 11.3 Å². The number of nitrogens with two attached hydrogens (primary N) is 1. The number of rotatable bonds is 11. The van der Waals surface area contributed by atoms with Crippen molar-refractivity contribution in [3.05, 3.63) is 23.8 Å². The molecule has 0 aliphatic carbocycles. The maximum atomic E-state index is 12.2. The van der Waals surface area contributed by atoms with Crippen molar-refractivity contribution in [1.82, 2.24) is 0 Å². The van der Waals surface area contributed by atoms with Gasteiger partial charge >= 0.3 is 6.09 Å². The summed E-state index contributed by atoms with van der Waals surface area (Å²) in [5.74, 6) is -0.0858. The molecule has 0 spiro atoms. The van der Waals surface area contributed by atoms with Crippen LogP contribution < -0.4 is 16.4 Å². The van der Waals surface area contributed by atoms with Crippen LogP contribution in [0.5, 0.6) is 0 Å². The molecule has 0 aliphatic rings. The third-order valence-electron chi connectivity index (χ3n) is 4.05. The molecule has 0 atom stereocenters. The van der Waals surface area contributed by atoms with E-state index in [1.54, 1.807) is 12.1 Å². The molecule has 0 fully saturated rings. The van der Waals surface area contributed by atoms with Gasteiger partial charge in [-0.1, -0.05) is 13.3 Å². The molecule has 4 N–H and O–H groups in total. The number of hydrogen-bond acceptors (Lipinski definition) is 5. The number of carbonyl (C=O) groups excluding carboxylic acids is 2. The Bertz CT molecular complexity index is 680. The Morgan fingerprint density at radius 1 is 1.22 bits per heavy atom. The van der Waals surface area contributed by atoms with Gasteiger partial charge in [-0.05, 0) is 57.7 Å². The van der Waals surface area contributed by atoms with E-state index in [1.807, 2.05) is 19.9 Å². The fourth-order valence-corrected chi connectivity index (χ4v) is 2.68. The molecular formula is C20H30N4O3. The fourth-order valence-electron chi connectivity index (χ4n) is 2.68. The third-order valence-corrected chi connectivity index (χ3v) is 4.05. The van der Waals surface area contributed by atoms with Crippen LogP contribution in [0.1, 0.15) is 64.9 Å². The molecule has 0 saturated carbocycles. The lowest BCUT2D eigenvalue weighted by Gasteiger charge is -2.23. The molecule has 0 aliphatic heterocycles. The van der Waals surface area contributed by atoms with E-state index in [0.29, 0.717) is 24.1 Å². The van der Waals surface area contributed by atoms with Crippen LogP contribution in [0.25, 0.3) is 0 Å². The van der Waals surface area contributed by atoms with Gasteiger partial charge in [0.15, 0.2) is 0 Å². The van der Waals surface area contributed by atoms with Crippen molar-refractivity contribution in [2.24, 2.45) is 5.73 Å². The summed E-state index contributed by atoms with van der Waals surface area (Å²) in [5, 5.41) is 15.2.